The highest BCUT2D eigenvalue weighted by molar-refractivity contribution is 7.19. The summed E-state index contributed by atoms with van der Waals surface area (Å²) >= 11 is 1.40. The van der Waals surface area contributed by atoms with Gasteiger partial charge in [-0.2, -0.15) is 0 Å². The lowest BCUT2D eigenvalue weighted by atomic mass is 9.97. The van der Waals surface area contributed by atoms with E-state index in [-0.39, 0.29) is 5.82 Å². The molecular formula is C24H27F2N3O2S. The maximum Gasteiger partial charge on any atom is 0.132 e. The molecule has 0 spiro atoms. The molecule has 0 radical (unpaired) electrons. The van der Waals surface area contributed by atoms with E-state index in [2.05, 4.69) is 15.2 Å². The van der Waals surface area contributed by atoms with E-state index in [0.717, 1.165) is 9.88 Å². The van der Waals surface area contributed by atoms with Crippen molar-refractivity contribution in [2.45, 2.75) is 25.5 Å². The summed E-state index contributed by atoms with van der Waals surface area (Å²) in [6.45, 7) is 5.30. The SMILES string of the molecule is CC(C)(O)c1ccc(-c2ccc(Nc3cccc(C(CF)N4CCOCC4)n3)s2)c(F)c1. The molecule has 1 fully saturated rings. The highest BCUT2D eigenvalue weighted by Gasteiger charge is 2.24. The first kappa shape index (κ1) is 22.8. The Labute approximate surface area is 190 Å². The van der Waals surface area contributed by atoms with Gasteiger partial charge in [0.25, 0.3) is 0 Å². The number of anilines is 2. The minimum atomic E-state index is -1.10. The molecule has 8 heteroatoms. The number of morpholine rings is 1. The first-order chi connectivity index (χ1) is 15.3. The Hall–Kier alpha value is -2.39. The standard InChI is InChI=1S/C24H27F2N3O2S/c1-24(2,30)16-6-7-17(18(26)14-16)21-8-9-23(32-21)28-22-5-3-4-19(27-22)20(15-25)29-10-12-31-13-11-29/h3-9,14,20,30H,10-13,15H2,1-2H3,(H,27,28). The second-order valence-electron chi connectivity index (χ2n) is 8.31. The summed E-state index contributed by atoms with van der Waals surface area (Å²) in [5, 5.41) is 14.1. The predicted molar refractivity (Wildman–Crippen MR) is 124 cm³/mol. The van der Waals surface area contributed by atoms with Gasteiger partial charge in [0.2, 0.25) is 0 Å². The van der Waals surface area contributed by atoms with Crippen LogP contribution in [0.1, 0.15) is 31.1 Å². The summed E-state index contributed by atoms with van der Waals surface area (Å²) in [5.74, 6) is 0.231. The fourth-order valence-corrected chi connectivity index (χ4v) is 4.67. The zero-order valence-corrected chi connectivity index (χ0v) is 19.0. The molecule has 1 saturated heterocycles. The van der Waals surface area contributed by atoms with E-state index in [4.69, 9.17) is 4.74 Å². The first-order valence-electron chi connectivity index (χ1n) is 10.6. The topological polar surface area (TPSA) is 57.6 Å². The number of alkyl halides is 1. The molecule has 2 aromatic heterocycles. The number of benzene rings is 1. The Bertz CT molecular complexity index is 1060. The second kappa shape index (κ2) is 9.62. The molecule has 1 aromatic carbocycles. The number of thiophene rings is 1. The van der Waals surface area contributed by atoms with Crippen molar-refractivity contribution in [1.29, 1.82) is 0 Å². The van der Waals surface area contributed by atoms with E-state index in [0.29, 0.717) is 48.9 Å². The molecule has 1 aliphatic rings. The van der Waals surface area contributed by atoms with Gasteiger partial charge in [-0.1, -0.05) is 18.2 Å². The van der Waals surface area contributed by atoms with Crippen LogP contribution >= 0.6 is 11.3 Å². The minimum Gasteiger partial charge on any atom is -0.386 e. The van der Waals surface area contributed by atoms with Gasteiger partial charge in [0.05, 0.1) is 35.6 Å². The number of nitrogens with one attached hydrogen (secondary N) is 1. The van der Waals surface area contributed by atoms with E-state index >= 15 is 0 Å². The van der Waals surface area contributed by atoms with Gasteiger partial charge in [0, 0.05) is 23.5 Å². The number of aliphatic hydroxyl groups is 1. The molecule has 170 valence electrons. The summed E-state index contributed by atoms with van der Waals surface area (Å²) in [7, 11) is 0. The van der Waals surface area contributed by atoms with Gasteiger partial charge < -0.3 is 15.2 Å². The number of halogens is 2. The zero-order chi connectivity index (χ0) is 22.7. The summed E-state index contributed by atoms with van der Waals surface area (Å²) in [6, 6.07) is 13.6. The lowest BCUT2D eigenvalue weighted by molar-refractivity contribution is 0.00985. The van der Waals surface area contributed by atoms with Gasteiger partial charge >= 0.3 is 0 Å². The van der Waals surface area contributed by atoms with Crippen LogP contribution in [-0.4, -0.2) is 48.0 Å². The van der Waals surface area contributed by atoms with Crippen molar-refractivity contribution in [3.05, 3.63) is 65.6 Å². The molecule has 0 amide bonds. The molecule has 0 saturated carbocycles. The van der Waals surface area contributed by atoms with Crippen molar-refractivity contribution in [2.75, 3.05) is 38.3 Å². The van der Waals surface area contributed by atoms with Gasteiger partial charge in [-0.15, -0.1) is 11.3 Å². The van der Waals surface area contributed by atoms with Crippen LogP contribution in [0.3, 0.4) is 0 Å². The zero-order valence-electron chi connectivity index (χ0n) is 18.1. The predicted octanol–water partition coefficient (Wildman–Crippen LogP) is 5.26. The molecule has 4 rings (SSSR count). The van der Waals surface area contributed by atoms with Crippen LogP contribution in [0.25, 0.3) is 10.4 Å². The van der Waals surface area contributed by atoms with Crippen molar-refractivity contribution < 1.29 is 18.6 Å². The molecule has 3 heterocycles. The van der Waals surface area contributed by atoms with E-state index in [1.807, 2.05) is 30.3 Å². The third-order valence-electron chi connectivity index (χ3n) is 5.54. The summed E-state index contributed by atoms with van der Waals surface area (Å²) in [5.41, 5.74) is 0.570. The number of pyridine rings is 1. The third-order valence-corrected chi connectivity index (χ3v) is 6.58. The average molecular weight is 460 g/mol. The summed E-state index contributed by atoms with van der Waals surface area (Å²) in [6.07, 6.45) is 0. The molecule has 0 aliphatic carbocycles. The van der Waals surface area contributed by atoms with Crippen molar-refractivity contribution in [3.8, 4) is 10.4 Å². The monoisotopic (exact) mass is 459 g/mol. The fraction of sp³-hybridized carbons (Fsp3) is 0.375. The summed E-state index contributed by atoms with van der Waals surface area (Å²) in [4.78, 5) is 7.44. The van der Waals surface area contributed by atoms with Crippen LogP contribution < -0.4 is 5.32 Å². The Balaban J connectivity index is 1.51. The maximum atomic E-state index is 14.7. The fourth-order valence-electron chi connectivity index (χ4n) is 3.73. The Morgan fingerprint density at radius 1 is 1.19 bits per heavy atom. The van der Waals surface area contributed by atoms with Crippen molar-refractivity contribution in [2.24, 2.45) is 0 Å². The lowest BCUT2D eigenvalue weighted by Crippen LogP contribution is -2.40. The number of hydrogen-bond donors (Lipinski definition) is 2. The maximum absolute atomic E-state index is 14.7. The smallest absolute Gasteiger partial charge is 0.132 e. The van der Waals surface area contributed by atoms with Crippen LogP contribution in [0.2, 0.25) is 0 Å². The summed E-state index contributed by atoms with van der Waals surface area (Å²) < 4.78 is 33.9. The van der Waals surface area contributed by atoms with E-state index in [1.165, 1.54) is 17.4 Å². The molecule has 2 N–H and O–H groups in total. The molecule has 32 heavy (non-hydrogen) atoms. The van der Waals surface area contributed by atoms with E-state index in [1.54, 1.807) is 26.0 Å². The minimum absolute atomic E-state index is 0.380. The van der Waals surface area contributed by atoms with Crippen LogP contribution in [0.15, 0.2) is 48.5 Å². The van der Waals surface area contributed by atoms with Crippen molar-refractivity contribution in [3.63, 3.8) is 0 Å². The van der Waals surface area contributed by atoms with Crippen LogP contribution in [0.4, 0.5) is 19.6 Å². The van der Waals surface area contributed by atoms with Gasteiger partial charge in [-0.3, -0.25) is 4.90 Å². The van der Waals surface area contributed by atoms with Crippen LogP contribution in [0, 0.1) is 5.82 Å². The van der Waals surface area contributed by atoms with Crippen LogP contribution in [-0.2, 0) is 10.3 Å². The molecule has 1 aliphatic heterocycles. The third kappa shape index (κ3) is 5.15. The van der Waals surface area contributed by atoms with E-state index in [9.17, 15) is 13.9 Å². The largest absolute Gasteiger partial charge is 0.386 e. The Kier molecular flexibility index (Phi) is 6.85. The average Bonchev–Trinajstić information content (AvgIpc) is 3.23. The quantitative estimate of drug-likeness (QED) is 0.505. The molecule has 3 aromatic rings. The number of ether oxygens (including phenoxy) is 1. The number of hydrogen-bond acceptors (Lipinski definition) is 6. The molecule has 1 unspecified atom stereocenters. The second-order valence-corrected chi connectivity index (χ2v) is 9.39. The molecule has 0 bridgehead atoms. The van der Waals surface area contributed by atoms with E-state index < -0.39 is 18.3 Å². The highest BCUT2D eigenvalue weighted by Crippen LogP contribution is 2.36. The Morgan fingerprint density at radius 2 is 1.97 bits per heavy atom. The van der Waals surface area contributed by atoms with Crippen molar-refractivity contribution in [1.82, 2.24) is 9.88 Å². The van der Waals surface area contributed by atoms with Gasteiger partial charge in [-0.25, -0.2) is 13.8 Å². The van der Waals surface area contributed by atoms with Gasteiger partial charge in [-0.05, 0) is 49.7 Å². The number of rotatable bonds is 7. The lowest BCUT2D eigenvalue weighted by Gasteiger charge is -2.32. The number of nitrogens with zero attached hydrogens (tertiary/aromatic N) is 2. The van der Waals surface area contributed by atoms with Gasteiger partial charge in [0.1, 0.15) is 18.3 Å². The molecule has 5 nitrogen and oxygen atoms in total. The highest BCUT2D eigenvalue weighted by atomic mass is 32.1. The van der Waals surface area contributed by atoms with Crippen LogP contribution in [0.5, 0.6) is 0 Å². The molecule has 1 atom stereocenters. The molecular weight excluding hydrogens is 432 g/mol. The first-order valence-corrected chi connectivity index (χ1v) is 11.4. The van der Waals surface area contributed by atoms with Gasteiger partial charge in [0.15, 0.2) is 0 Å². The Morgan fingerprint density at radius 3 is 2.66 bits per heavy atom. The normalized spacial score (nSPS) is 16.2. The van der Waals surface area contributed by atoms with Crippen molar-refractivity contribution >= 4 is 22.2 Å². The number of aromatic nitrogens is 1.